The van der Waals surface area contributed by atoms with Crippen LogP contribution in [0.3, 0.4) is 0 Å². The van der Waals surface area contributed by atoms with Crippen molar-refractivity contribution in [3.8, 4) is 33.4 Å². The maximum Gasteiger partial charge on any atom is 0.0448 e. The molecular formula is C51H32S2. The quantitative estimate of drug-likeness (QED) is 0.157. The molecule has 0 amide bonds. The van der Waals surface area contributed by atoms with E-state index in [1.54, 1.807) is 0 Å². The highest BCUT2D eigenvalue weighted by Gasteiger charge is 2.35. The Morgan fingerprint density at radius 2 is 0.943 bits per heavy atom. The first-order chi connectivity index (χ1) is 26.0. The second-order valence-electron chi connectivity index (χ2n) is 15.2. The van der Waals surface area contributed by atoms with Crippen molar-refractivity contribution in [2.75, 3.05) is 0 Å². The summed E-state index contributed by atoms with van der Waals surface area (Å²) >= 11 is 3.87. The monoisotopic (exact) mass is 708 g/mol. The van der Waals surface area contributed by atoms with Crippen molar-refractivity contribution in [3.63, 3.8) is 0 Å². The van der Waals surface area contributed by atoms with Gasteiger partial charge in [-0.3, -0.25) is 0 Å². The Morgan fingerprint density at radius 1 is 0.377 bits per heavy atom. The minimum Gasteiger partial charge on any atom is -0.134 e. The van der Waals surface area contributed by atoms with Crippen LogP contribution >= 0.6 is 22.7 Å². The lowest BCUT2D eigenvalue weighted by molar-refractivity contribution is 0.660. The van der Waals surface area contributed by atoms with Crippen LogP contribution < -0.4 is 0 Å². The smallest absolute Gasteiger partial charge is 0.0448 e. The van der Waals surface area contributed by atoms with Gasteiger partial charge in [-0.25, -0.2) is 0 Å². The Balaban J connectivity index is 1.10. The Bertz CT molecular complexity index is 3310. The molecule has 0 saturated carbocycles. The lowest BCUT2D eigenvalue weighted by atomic mass is 9.80. The van der Waals surface area contributed by atoms with Crippen LogP contribution in [0, 0.1) is 0 Å². The minimum absolute atomic E-state index is 0.0547. The van der Waals surface area contributed by atoms with Crippen LogP contribution in [0.2, 0.25) is 0 Å². The molecule has 0 aliphatic heterocycles. The molecule has 2 aromatic heterocycles. The topological polar surface area (TPSA) is 0 Å². The third kappa shape index (κ3) is 4.00. The highest BCUT2D eigenvalue weighted by molar-refractivity contribution is 7.30. The van der Waals surface area contributed by atoms with E-state index in [0.717, 1.165) is 0 Å². The molecule has 0 radical (unpaired) electrons. The Labute approximate surface area is 315 Å². The summed E-state index contributed by atoms with van der Waals surface area (Å²) in [6, 6.07) is 59.6. The number of rotatable bonds is 2. The Morgan fingerprint density at radius 3 is 1.70 bits per heavy atom. The van der Waals surface area contributed by atoms with Gasteiger partial charge in [0.25, 0.3) is 0 Å². The van der Waals surface area contributed by atoms with E-state index in [1.165, 1.54) is 117 Å². The number of hydrogen-bond acceptors (Lipinski definition) is 2. The highest BCUT2D eigenvalue weighted by atomic mass is 32.1. The fourth-order valence-corrected chi connectivity index (χ4v) is 12.1. The fourth-order valence-electron chi connectivity index (χ4n) is 9.59. The molecule has 0 fully saturated rings. The Kier molecular flexibility index (Phi) is 5.97. The van der Waals surface area contributed by atoms with E-state index in [2.05, 4.69) is 172 Å². The van der Waals surface area contributed by atoms with E-state index in [4.69, 9.17) is 0 Å². The molecule has 0 saturated heterocycles. The van der Waals surface area contributed by atoms with Gasteiger partial charge in [0.2, 0.25) is 0 Å². The van der Waals surface area contributed by atoms with Crippen molar-refractivity contribution < 1.29 is 0 Å². The summed E-state index contributed by atoms with van der Waals surface area (Å²) in [5, 5.41) is 13.3. The van der Waals surface area contributed by atoms with Crippen molar-refractivity contribution in [2.24, 2.45) is 0 Å². The van der Waals surface area contributed by atoms with Crippen molar-refractivity contribution in [2.45, 2.75) is 19.3 Å². The van der Waals surface area contributed by atoms with E-state index in [9.17, 15) is 0 Å². The fraction of sp³-hybridized carbons (Fsp3) is 0.0588. The van der Waals surface area contributed by atoms with Crippen LogP contribution in [0.15, 0.2) is 158 Å². The number of benzene rings is 9. The standard InChI is InChI=1S/C51H32S2/c1-51(2)42-18-10-9-13-33(42)34-22-20-31(28-43(34)51)47-37-16-7-5-14-35(37)46(36-15-6-8-17-38(36)47)30-21-25-44-41(27-30)39-24-26-45-48(50(39)52-44)40-23-19-29-11-3-4-12-32(29)49(40)53-45/h3-28H,1-2H3. The summed E-state index contributed by atoms with van der Waals surface area (Å²) in [5.41, 5.74) is 10.7. The molecule has 12 rings (SSSR count). The van der Waals surface area contributed by atoms with Gasteiger partial charge in [0.05, 0.1) is 0 Å². The molecule has 248 valence electrons. The van der Waals surface area contributed by atoms with Crippen molar-refractivity contribution in [3.05, 3.63) is 169 Å². The molecule has 0 bridgehead atoms. The van der Waals surface area contributed by atoms with Crippen LogP contribution in [0.5, 0.6) is 0 Å². The predicted molar refractivity (Wildman–Crippen MR) is 233 cm³/mol. The summed E-state index contributed by atoms with van der Waals surface area (Å²) in [6.45, 7) is 4.75. The second-order valence-corrected chi connectivity index (χ2v) is 17.3. The molecular weight excluding hydrogens is 677 g/mol. The molecule has 53 heavy (non-hydrogen) atoms. The highest BCUT2D eigenvalue weighted by Crippen LogP contribution is 2.52. The maximum atomic E-state index is 2.48. The SMILES string of the molecule is CC1(C)c2ccccc2-c2ccc(-c3c4ccccc4c(-c4ccc5sc6c(ccc7sc8c9ccccc9ccc8c76)c5c4)c4ccccc34)cc21. The molecule has 0 atom stereocenters. The first-order valence-corrected chi connectivity index (χ1v) is 20.1. The average molecular weight is 709 g/mol. The van der Waals surface area contributed by atoms with E-state index < -0.39 is 0 Å². The van der Waals surface area contributed by atoms with Gasteiger partial charge in [-0.15, -0.1) is 22.7 Å². The molecule has 2 heterocycles. The average Bonchev–Trinajstić information content (AvgIpc) is 3.84. The molecule has 0 spiro atoms. The summed E-state index contributed by atoms with van der Waals surface area (Å²) in [7, 11) is 0. The van der Waals surface area contributed by atoms with E-state index >= 15 is 0 Å². The zero-order chi connectivity index (χ0) is 35.0. The molecule has 0 unspecified atom stereocenters. The summed E-state index contributed by atoms with van der Waals surface area (Å²) in [6.07, 6.45) is 0. The first-order valence-electron chi connectivity index (χ1n) is 18.4. The number of fused-ring (bicyclic) bond motifs is 14. The van der Waals surface area contributed by atoms with Gasteiger partial charge >= 0.3 is 0 Å². The summed E-state index contributed by atoms with van der Waals surface area (Å²) in [4.78, 5) is 0. The van der Waals surface area contributed by atoms with Gasteiger partial charge in [-0.1, -0.05) is 147 Å². The lowest BCUT2D eigenvalue weighted by Crippen LogP contribution is -2.14. The van der Waals surface area contributed by atoms with Gasteiger partial charge in [0, 0.05) is 45.8 Å². The second kappa shape index (κ2) is 10.6. The molecule has 1 aliphatic carbocycles. The molecule has 9 aromatic carbocycles. The molecule has 0 nitrogen and oxygen atoms in total. The van der Waals surface area contributed by atoms with Gasteiger partial charge < -0.3 is 0 Å². The minimum atomic E-state index is -0.0547. The van der Waals surface area contributed by atoms with Gasteiger partial charge in [0.15, 0.2) is 0 Å². The summed E-state index contributed by atoms with van der Waals surface area (Å²) in [5.74, 6) is 0. The van der Waals surface area contributed by atoms with Crippen molar-refractivity contribution in [1.82, 2.24) is 0 Å². The third-order valence-corrected chi connectivity index (χ3v) is 14.5. The molecule has 1 aliphatic rings. The van der Waals surface area contributed by atoms with Gasteiger partial charge in [0.1, 0.15) is 0 Å². The lowest BCUT2D eigenvalue weighted by Gasteiger charge is -2.23. The van der Waals surface area contributed by atoms with Crippen molar-refractivity contribution in [1.29, 1.82) is 0 Å². The van der Waals surface area contributed by atoms with E-state index in [0.29, 0.717) is 0 Å². The number of hydrogen-bond donors (Lipinski definition) is 0. The molecule has 11 aromatic rings. The van der Waals surface area contributed by atoms with Crippen LogP contribution in [-0.2, 0) is 5.41 Å². The van der Waals surface area contributed by atoms with Crippen LogP contribution in [0.4, 0.5) is 0 Å². The van der Waals surface area contributed by atoms with Crippen LogP contribution in [0.25, 0.3) is 106 Å². The van der Waals surface area contributed by atoms with Gasteiger partial charge in [-0.2, -0.15) is 0 Å². The largest absolute Gasteiger partial charge is 0.134 e. The van der Waals surface area contributed by atoms with Gasteiger partial charge in [-0.05, 0) is 101 Å². The van der Waals surface area contributed by atoms with Crippen molar-refractivity contribution >= 4 is 95.3 Å². The van der Waals surface area contributed by atoms with Crippen LogP contribution in [0.1, 0.15) is 25.0 Å². The third-order valence-electron chi connectivity index (χ3n) is 12.1. The predicted octanol–water partition coefficient (Wildman–Crippen LogP) is 15.5. The normalized spacial score (nSPS) is 13.6. The van der Waals surface area contributed by atoms with E-state index in [1.807, 2.05) is 22.7 Å². The van der Waals surface area contributed by atoms with E-state index in [-0.39, 0.29) is 5.41 Å². The molecule has 0 N–H and O–H groups in total. The summed E-state index contributed by atoms with van der Waals surface area (Å²) < 4.78 is 5.48. The maximum absolute atomic E-state index is 2.48. The number of thiophene rings is 2. The first kappa shape index (κ1) is 29.7. The zero-order valence-electron chi connectivity index (χ0n) is 29.3. The van der Waals surface area contributed by atoms with Crippen LogP contribution in [-0.4, -0.2) is 0 Å². The molecule has 2 heteroatoms. The zero-order valence-corrected chi connectivity index (χ0v) is 31.0. The Hall–Kier alpha value is -5.80.